The second-order valence-electron chi connectivity index (χ2n) is 6.37. The second kappa shape index (κ2) is 8.48. The van der Waals surface area contributed by atoms with Crippen LogP contribution in [0.3, 0.4) is 0 Å². The van der Waals surface area contributed by atoms with E-state index >= 15 is 0 Å². The highest BCUT2D eigenvalue weighted by Crippen LogP contribution is 2.49. The van der Waals surface area contributed by atoms with Gasteiger partial charge in [0.2, 0.25) is 11.7 Å². The number of ether oxygens (including phenoxy) is 1. The molecule has 0 aliphatic heterocycles. The maximum Gasteiger partial charge on any atom is 0.367 e. The van der Waals surface area contributed by atoms with Crippen LogP contribution in [0.1, 0.15) is 39.7 Å². The number of nitrogens with one attached hydrogen (secondary N) is 1. The molecule has 158 valence electrons. The summed E-state index contributed by atoms with van der Waals surface area (Å²) in [5.74, 6) is -0.248. The standard InChI is InChI=1S/C17H24N5O6P/c1-4-10-7-11(22-8-19-12-15(22)20-17(18)21-16(12)24)13(23)14(10)26-9-29(25,27-5-2)28-6-3/h8,11H,4-7,9H2,1-3H3,(H3,18,20,21,24)/t11-/m0/s1. The number of nitrogens with two attached hydrogens (primary N) is 1. The van der Waals surface area contributed by atoms with Gasteiger partial charge in [-0.3, -0.25) is 19.1 Å². The number of nitrogens with zero attached hydrogens (tertiary/aromatic N) is 3. The summed E-state index contributed by atoms with van der Waals surface area (Å²) in [4.78, 5) is 35.6. The Balaban J connectivity index is 1.88. The molecule has 3 N–H and O–H groups in total. The van der Waals surface area contributed by atoms with Crippen LogP contribution in [0.25, 0.3) is 11.2 Å². The highest BCUT2D eigenvalue weighted by Gasteiger charge is 2.38. The molecule has 0 amide bonds. The van der Waals surface area contributed by atoms with Gasteiger partial charge in [-0.15, -0.1) is 0 Å². The van der Waals surface area contributed by atoms with Gasteiger partial charge in [0.1, 0.15) is 6.04 Å². The number of allylic oxidation sites excluding steroid dienone is 2. The third-order valence-corrected chi connectivity index (χ3v) is 6.27. The van der Waals surface area contributed by atoms with Gasteiger partial charge in [0.25, 0.3) is 5.56 Å². The maximum absolute atomic E-state index is 13.1. The number of rotatable bonds is 9. The fourth-order valence-electron chi connectivity index (χ4n) is 3.27. The zero-order valence-electron chi connectivity index (χ0n) is 16.5. The SMILES string of the molecule is CCOP(=O)(COC1=C(CC)C[C@H](n2cnc3c(=O)[nH]c(N)nc32)C1=O)OCC. The lowest BCUT2D eigenvalue weighted by molar-refractivity contribution is -0.120. The number of hydrogen-bond donors (Lipinski definition) is 2. The Morgan fingerprint density at radius 2 is 1.97 bits per heavy atom. The molecule has 2 aromatic rings. The number of anilines is 1. The molecule has 1 aliphatic rings. The topological polar surface area (TPSA) is 151 Å². The van der Waals surface area contributed by atoms with E-state index in [4.69, 9.17) is 19.5 Å². The number of fused-ring (bicyclic) bond motifs is 1. The average molecular weight is 425 g/mol. The highest BCUT2D eigenvalue weighted by molar-refractivity contribution is 7.53. The van der Waals surface area contributed by atoms with Gasteiger partial charge in [-0.1, -0.05) is 6.92 Å². The zero-order valence-corrected chi connectivity index (χ0v) is 17.4. The Morgan fingerprint density at radius 3 is 2.59 bits per heavy atom. The van der Waals surface area contributed by atoms with Gasteiger partial charge in [-0.05, 0) is 25.8 Å². The quantitative estimate of drug-likeness (QED) is 0.575. The summed E-state index contributed by atoms with van der Waals surface area (Å²) in [7, 11) is -3.47. The lowest BCUT2D eigenvalue weighted by atomic mass is 10.1. The third-order valence-electron chi connectivity index (χ3n) is 4.52. The van der Waals surface area contributed by atoms with Gasteiger partial charge in [-0.2, -0.15) is 4.98 Å². The lowest BCUT2D eigenvalue weighted by Crippen LogP contribution is -2.19. The zero-order chi connectivity index (χ0) is 21.2. The number of carbonyl (C=O) groups excluding carboxylic acids is 1. The van der Waals surface area contributed by atoms with Gasteiger partial charge >= 0.3 is 7.60 Å². The van der Waals surface area contributed by atoms with Crippen molar-refractivity contribution in [3.8, 4) is 0 Å². The minimum absolute atomic E-state index is 0.0655. The number of aromatic nitrogens is 4. The van der Waals surface area contributed by atoms with Crippen molar-refractivity contribution in [1.29, 1.82) is 0 Å². The van der Waals surface area contributed by atoms with Crippen molar-refractivity contribution in [3.05, 3.63) is 28.0 Å². The maximum atomic E-state index is 13.1. The van der Waals surface area contributed by atoms with Crippen molar-refractivity contribution >= 4 is 30.5 Å². The number of carbonyl (C=O) groups is 1. The van der Waals surface area contributed by atoms with Crippen molar-refractivity contribution in [1.82, 2.24) is 19.5 Å². The molecule has 0 aromatic carbocycles. The minimum atomic E-state index is -3.47. The number of hydrogen-bond acceptors (Lipinski definition) is 9. The van der Waals surface area contributed by atoms with Crippen molar-refractivity contribution in [2.75, 3.05) is 25.3 Å². The van der Waals surface area contributed by atoms with E-state index in [2.05, 4.69) is 15.0 Å². The summed E-state index contributed by atoms with van der Waals surface area (Å²) in [5.41, 5.74) is 6.23. The van der Waals surface area contributed by atoms with E-state index in [0.717, 1.165) is 5.57 Å². The minimum Gasteiger partial charge on any atom is -0.477 e. The van der Waals surface area contributed by atoms with E-state index in [1.807, 2.05) is 6.92 Å². The summed E-state index contributed by atoms with van der Waals surface area (Å²) in [6.45, 7) is 5.68. The molecule has 0 bridgehead atoms. The summed E-state index contributed by atoms with van der Waals surface area (Å²) in [5, 5.41) is 0. The first-order valence-corrected chi connectivity index (χ1v) is 11.1. The van der Waals surface area contributed by atoms with E-state index in [-0.39, 0.29) is 48.2 Å². The molecule has 2 heterocycles. The number of ketones is 1. The van der Waals surface area contributed by atoms with Crippen LogP contribution in [0.5, 0.6) is 0 Å². The third kappa shape index (κ3) is 4.12. The highest BCUT2D eigenvalue weighted by atomic mass is 31.2. The number of Topliss-reactive ketones (excluding diaryl/α,β-unsaturated/α-hetero) is 1. The van der Waals surface area contributed by atoms with Crippen molar-refractivity contribution < 1.29 is 23.1 Å². The predicted octanol–water partition coefficient (Wildman–Crippen LogP) is 2.12. The predicted molar refractivity (Wildman–Crippen MR) is 105 cm³/mol. The van der Waals surface area contributed by atoms with E-state index in [1.54, 1.807) is 13.8 Å². The van der Waals surface area contributed by atoms with E-state index < -0.39 is 19.2 Å². The van der Waals surface area contributed by atoms with Crippen LogP contribution in [-0.2, 0) is 23.1 Å². The molecule has 0 fully saturated rings. The molecule has 11 nitrogen and oxygen atoms in total. The van der Waals surface area contributed by atoms with Crippen LogP contribution in [-0.4, -0.2) is 44.9 Å². The monoisotopic (exact) mass is 425 g/mol. The molecule has 0 unspecified atom stereocenters. The van der Waals surface area contributed by atoms with Crippen molar-refractivity contribution in [2.24, 2.45) is 0 Å². The van der Waals surface area contributed by atoms with Gasteiger partial charge in [0, 0.05) is 6.42 Å². The molecule has 2 aromatic heterocycles. The molecular weight excluding hydrogens is 401 g/mol. The average Bonchev–Trinajstić information content (AvgIpc) is 3.21. The number of nitrogen functional groups attached to an aromatic ring is 1. The Morgan fingerprint density at radius 1 is 1.28 bits per heavy atom. The van der Waals surface area contributed by atoms with Crippen LogP contribution in [0.4, 0.5) is 5.95 Å². The molecule has 1 aliphatic carbocycles. The number of aromatic amines is 1. The normalized spacial score (nSPS) is 17.5. The van der Waals surface area contributed by atoms with Gasteiger partial charge < -0.3 is 24.1 Å². The molecule has 0 saturated carbocycles. The second-order valence-corrected chi connectivity index (χ2v) is 8.36. The van der Waals surface area contributed by atoms with Crippen LogP contribution in [0.2, 0.25) is 0 Å². The van der Waals surface area contributed by atoms with Crippen LogP contribution < -0.4 is 11.3 Å². The number of imidazole rings is 1. The molecule has 1 atom stereocenters. The van der Waals surface area contributed by atoms with E-state index in [1.165, 1.54) is 10.9 Å². The first-order valence-electron chi connectivity index (χ1n) is 9.33. The molecule has 0 radical (unpaired) electrons. The van der Waals surface area contributed by atoms with Crippen LogP contribution >= 0.6 is 7.60 Å². The van der Waals surface area contributed by atoms with Gasteiger partial charge in [0.15, 0.2) is 23.3 Å². The largest absolute Gasteiger partial charge is 0.477 e. The lowest BCUT2D eigenvalue weighted by Gasteiger charge is -2.18. The number of H-pyrrole nitrogens is 1. The summed E-state index contributed by atoms with van der Waals surface area (Å²) < 4.78 is 30.2. The molecule has 3 rings (SSSR count). The molecule has 12 heteroatoms. The molecule has 0 saturated heterocycles. The smallest absolute Gasteiger partial charge is 0.367 e. The van der Waals surface area contributed by atoms with E-state index in [0.29, 0.717) is 12.8 Å². The van der Waals surface area contributed by atoms with Crippen LogP contribution in [0, 0.1) is 0 Å². The van der Waals surface area contributed by atoms with Gasteiger partial charge in [-0.25, -0.2) is 4.98 Å². The van der Waals surface area contributed by atoms with Crippen LogP contribution in [0.15, 0.2) is 22.5 Å². The summed E-state index contributed by atoms with van der Waals surface area (Å²) >= 11 is 0. The summed E-state index contributed by atoms with van der Waals surface area (Å²) in [6.07, 6.45) is 1.95. The first kappa shape index (κ1) is 21.2. The Kier molecular flexibility index (Phi) is 6.21. The summed E-state index contributed by atoms with van der Waals surface area (Å²) in [6, 6.07) is -0.683. The molecule has 29 heavy (non-hydrogen) atoms. The fourth-order valence-corrected chi connectivity index (χ4v) is 4.56. The first-order chi connectivity index (χ1) is 13.8. The van der Waals surface area contributed by atoms with Gasteiger partial charge in [0.05, 0.1) is 19.5 Å². The molecule has 0 spiro atoms. The Labute approximate surface area is 166 Å². The Hall–Kier alpha value is -2.49. The van der Waals surface area contributed by atoms with Crippen molar-refractivity contribution in [2.45, 2.75) is 39.7 Å². The molecular formula is C17H24N5O6P. The van der Waals surface area contributed by atoms with E-state index in [9.17, 15) is 14.2 Å². The Bertz CT molecular complexity index is 1050. The van der Waals surface area contributed by atoms with Crippen molar-refractivity contribution in [3.63, 3.8) is 0 Å². The fraction of sp³-hybridized carbons (Fsp3) is 0.529.